The summed E-state index contributed by atoms with van der Waals surface area (Å²) in [6.45, 7) is 1.60. The van der Waals surface area contributed by atoms with E-state index in [1.807, 2.05) is 0 Å². The SMILES string of the molecule is CCS(=O)(=O)CCCC(=O)c1ccc(Cl)cn1. The maximum atomic E-state index is 11.6. The van der Waals surface area contributed by atoms with Crippen molar-refractivity contribution in [2.24, 2.45) is 0 Å². The Morgan fingerprint density at radius 2 is 2.12 bits per heavy atom. The smallest absolute Gasteiger partial charge is 0.181 e. The maximum absolute atomic E-state index is 11.6. The lowest BCUT2D eigenvalue weighted by atomic mass is 10.1. The van der Waals surface area contributed by atoms with E-state index in [9.17, 15) is 13.2 Å². The summed E-state index contributed by atoms with van der Waals surface area (Å²) in [5, 5.41) is 0.468. The maximum Gasteiger partial charge on any atom is 0.181 e. The Bertz CT molecular complexity index is 482. The highest BCUT2D eigenvalue weighted by atomic mass is 35.5. The first-order chi connectivity index (χ1) is 7.94. The van der Waals surface area contributed by atoms with E-state index in [-0.39, 0.29) is 23.7 Å². The van der Waals surface area contributed by atoms with Crippen LogP contribution in [0.15, 0.2) is 18.3 Å². The quantitative estimate of drug-likeness (QED) is 0.746. The van der Waals surface area contributed by atoms with Crippen LogP contribution in [0.1, 0.15) is 30.3 Å². The fourth-order valence-corrected chi connectivity index (χ4v) is 2.25. The van der Waals surface area contributed by atoms with Crippen molar-refractivity contribution in [2.75, 3.05) is 11.5 Å². The number of halogens is 1. The second kappa shape index (κ2) is 6.12. The molecule has 1 aromatic heterocycles. The van der Waals surface area contributed by atoms with Gasteiger partial charge in [0.15, 0.2) is 5.78 Å². The number of hydrogen-bond donors (Lipinski definition) is 0. The molecule has 0 aromatic carbocycles. The Hall–Kier alpha value is -0.940. The zero-order chi connectivity index (χ0) is 12.9. The molecule has 1 rings (SSSR count). The third kappa shape index (κ3) is 4.83. The van der Waals surface area contributed by atoms with Gasteiger partial charge in [0.25, 0.3) is 0 Å². The standard InChI is InChI=1S/C11H14ClNO3S/c1-2-17(15,16)7-3-4-11(14)10-6-5-9(12)8-13-10/h5-6,8H,2-4,7H2,1H3. The average Bonchev–Trinajstić information content (AvgIpc) is 2.29. The lowest BCUT2D eigenvalue weighted by Crippen LogP contribution is -2.11. The molecule has 0 spiro atoms. The normalized spacial score (nSPS) is 11.4. The minimum atomic E-state index is -3.00. The number of aromatic nitrogens is 1. The van der Waals surface area contributed by atoms with Gasteiger partial charge in [-0.15, -0.1) is 0 Å². The summed E-state index contributed by atoms with van der Waals surface area (Å²) in [4.78, 5) is 15.5. The molecule has 17 heavy (non-hydrogen) atoms. The molecule has 0 atom stereocenters. The van der Waals surface area contributed by atoms with Gasteiger partial charge in [-0.25, -0.2) is 8.42 Å². The molecule has 1 aromatic rings. The summed E-state index contributed by atoms with van der Waals surface area (Å²) in [5.41, 5.74) is 0.322. The molecule has 0 aliphatic carbocycles. The van der Waals surface area contributed by atoms with Crippen LogP contribution >= 0.6 is 11.6 Å². The highest BCUT2D eigenvalue weighted by molar-refractivity contribution is 7.91. The van der Waals surface area contributed by atoms with Gasteiger partial charge >= 0.3 is 0 Å². The van der Waals surface area contributed by atoms with Crippen molar-refractivity contribution in [3.63, 3.8) is 0 Å². The number of ketones is 1. The summed E-state index contributed by atoms with van der Waals surface area (Å²) in [5.74, 6) is -0.00332. The minimum absolute atomic E-state index is 0.0445. The number of hydrogen-bond acceptors (Lipinski definition) is 4. The summed E-state index contributed by atoms with van der Waals surface area (Å²) in [7, 11) is -3.00. The molecule has 0 unspecified atom stereocenters. The van der Waals surface area contributed by atoms with E-state index in [4.69, 9.17) is 11.6 Å². The predicted octanol–water partition coefficient (Wildman–Crippen LogP) is 2.13. The Kier molecular flexibility index (Phi) is 5.08. The molecule has 0 N–H and O–H groups in total. The topological polar surface area (TPSA) is 64.1 Å². The number of carbonyl (C=O) groups is 1. The fourth-order valence-electron chi connectivity index (χ4n) is 1.27. The third-order valence-corrected chi connectivity index (χ3v) is 4.33. The van der Waals surface area contributed by atoms with E-state index >= 15 is 0 Å². The largest absolute Gasteiger partial charge is 0.292 e. The predicted molar refractivity (Wildman–Crippen MR) is 67.1 cm³/mol. The molecule has 0 amide bonds. The molecule has 0 radical (unpaired) electrons. The second-order valence-electron chi connectivity index (χ2n) is 3.62. The molecule has 1 heterocycles. The van der Waals surface area contributed by atoms with Crippen LogP contribution in [0.3, 0.4) is 0 Å². The highest BCUT2D eigenvalue weighted by Gasteiger charge is 2.11. The van der Waals surface area contributed by atoms with Gasteiger partial charge in [-0.05, 0) is 18.6 Å². The molecule has 0 saturated heterocycles. The third-order valence-electron chi connectivity index (χ3n) is 2.31. The van der Waals surface area contributed by atoms with Crippen molar-refractivity contribution in [3.8, 4) is 0 Å². The van der Waals surface area contributed by atoms with Crippen molar-refractivity contribution < 1.29 is 13.2 Å². The van der Waals surface area contributed by atoms with Crippen molar-refractivity contribution in [1.82, 2.24) is 4.98 Å². The Morgan fingerprint density at radius 3 is 2.65 bits per heavy atom. The first kappa shape index (κ1) is 14.1. The van der Waals surface area contributed by atoms with Gasteiger partial charge in [-0.1, -0.05) is 18.5 Å². The summed E-state index contributed by atoms with van der Waals surface area (Å²) >= 11 is 5.65. The van der Waals surface area contributed by atoms with Crippen molar-refractivity contribution in [1.29, 1.82) is 0 Å². The average molecular weight is 276 g/mol. The van der Waals surface area contributed by atoms with E-state index in [2.05, 4.69) is 4.98 Å². The molecular weight excluding hydrogens is 262 g/mol. The van der Waals surface area contributed by atoms with Crippen molar-refractivity contribution in [3.05, 3.63) is 29.0 Å². The lowest BCUT2D eigenvalue weighted by Gasteiger charge is -2.01. The number of carbonyl (C=O) groups excluding carboxylic acids is 1. The van der Waals surface area contributed by atoms with Gasteiger partial charge in [-0.2, -0.15) is 0 Å². The van der Waals surface area contributed by atoms with Crippen molar-refractivity contribution in [2.45, 2.75) is 19.8 Å². The molecule has 0 bridgehead atoms. The molecule has 4 nitrogen and oxygen atoms in total. The zero-order valence-corrected chi connectivity index (χ0v) is 11.1. The molecule has 6 heteroatoms. The van der Waals surface area contributed by atoms with E-state index in [1.54, 1.807) is 19.1 Å². The molecular formula is C11H14ClNO3S. The zero-order valence-electron chi connectivity index (χ0n) is 9.52. The number of Topliss-reactive ketones (excluding diaryl/α,β-unsaturated/α-hetero) is 1. The fraction of sp³-hybridized carbons (Fsp3) is 0.455. The Balaban J connectivity index is 2.48. The van der Waals surface area contributed by atoms with E-state index in [0.29, 0.717) is 17.1 Å². The minimum Gasteiger partial charge on any atom is -0.292 e. The van der Waals surface area contributed by atoms with E-state index in [1.165, 1.54) is 6.20 Å². The first-order valence-corrected chi connectivity index (χ1v) is 7.49. The van der Waals surface area contributed by atoms with Gasteiger partial charge in [0.2, 0.25) is 0 Å². The number of pyridine rings is 1. The van der Waals surface area contributed by atoms with Gasteiger partial charge in [0.05, 0.1) is 10.8 Å². The van der Waals surface area contributed by atoms with Gasteiger partial charge < -0.3 is 0 Å². The van der Waals surface area contributed by atoms with Crippen LogP contribution in [0.2, 0.25) is 5.02 Å². The first-order valence-electron chi connectivity index (χ1n) is 5.30. The lowest BCUT2D eigenvalue weighted by molar-refractivity contribution is 0.0977. The van der Waals surface area contributed by atoms with Crippen LogP contribution in [0.25, 0.3) is 0 Å². The van der Waals surface area contributed by atoms with Crippen LogP contribution in [0, 0.1) is 0 Å². The number of sulfone groups is 1. The van der Waals surface area contributed by atoms with Gasteiger partial charge in [0, 0.05) is 18.4 Å². The van der Waals surface area contributed by atoms with Crippen molar-refractivity contribution >= 4 is 27.2 Å². The second-order valence-corrected chi connectivity index (χ2v) is 6.53. The van der Waals surface area contributed by atoms with Crippen LogP contribution in [0.4, 0.5) is 0 Å². The van der Waals surface area contributed by atoms with Gasteiger partial charge in [0.1, 0.15) is 15.5 Å². The van der Waals surface area contributed by atoms with E-state index < -0.39 is 9.84 Å². The van der Waals surface area contributed by atoms with Crippen LogP contribution in [0.5, 0.6) is 0 Å². The summed E-state index contributed by atoms with van der Waals surface area (Å²) in [6, 6.07) is 3.13. The van der Waals surface area contributed by atoms with Crippen LogP contribution < -0.4 is 0 Å². The van der Waals surface area contributed by atoms with Gasteiger partial charge in [-0.3, -0.25) is 9.78 Å². The monoisotopic (exact) mass is 275 g/mol. The summed E-state index contributed by atoms with van der Waals surface area (Å²) in [6.07, 6.45) is 1.92. The molecule has 0 aliphatic heterocycles. The molecule has 94 valence electrons. The Morgan fingerprint density at radius 1 is 1.41 bits per heavy atom. The summed E-state index contributed by atoms with van der Waals surface area (Å²) < 4.78 is 22.4. The Labute approximate surface area is 106 Å². The number of rotatable bonds is 6. The molecule has 0 saturated carbocycles. The molecule has 0 aliphatic rings. The highest BCUT2D eigenvalue weighted by Crippen LogP contribution is 2.09. The number of nitrogens with zero attached hydrogens (tertiary/aromatic N) is 1. The molecule has 0 fully saturated rings. The van der Waals surface area contributed by atoms with Crippen LogP contribution in [-0.2, 0) is 9.84 Å². The van der Waals surface area contributed by atoms with Crippen LogP contribution in [-0.4, -0.2) is 30.7 Å². The van der Waals surface area contributed by atoms with E-state index in [0.717, 1.165) is 0 Å².